The molecule has 13 rings (SSSR count). The standard InChI is InChI=1S/C70H65N/c1-13-20-45-50-37-61-52(38-60(50)66(3,4)54(45)14-2)49-34-32-44(36-59(49)70(61,11)12)71(43-30-27-41(28-31-43)42-29-33-48-46-21-15-17-23-55(46)67(5,6)58(48)35-42)64-26-19-25-57-65(64)53-40-62-51(39-63(53)69(57,9)10)47-22-16-18-24-56(47)68(62,7)8/h13,15-40H,14H2,1-12H3/b20-13-. The molecule has 5 aliphatic carbocycles. The lowest BCUT2D eigenvalue weighted by molar-refractivity contribution is 0.616. The molecule has 0 bridgehead atoms. The maximum atomic E-state index is 2.58. The molecule has 1 heteroatoms. The van der Waals surface area contributed by atoms with E-state index in [1.54, 1.807) is 0 Å². The highest BCUT2D eigenvalue weighted by molar-refractivity contribution is 5.99. The second-order valence-electron chi connectivity index (χ2n) is 23.9. The van der Waals surface area contributed by atoms with Crippen molar-refractivity contribution in [1.82, 2.24) is 0 Å². The summed E-state index contributed by atoms with van der Waals surface area (Å²) in [5.41, 5.74) is 33.3. The maximum Gasteiger partial charge on any atom is 0.0543 e. The average Bonchev–Trinajstić information content (AvgIpc) is 3.99. The summed E-state index contributed by atoms with van der Waals surface area (Å²) in [6, 6.07) is 59.2. The molecule has 71 heavy (non-hydrogen) atoms. The summed E-state index contributed by atoms with van der Waals surface area (Å²) in [7, 11) is 0. The SMILES string of the molecule is C/C=C\C1=C(CC)C(C)(C)c2cc3c(cc21)C(C)(C)c1cc(N(c2ccc(-c4ccc5c(c4)C(C)(C)c4ccccc4-5)cc2)c2cccc4c2-c2cc5c(cc2C4(C)C)-c2ccccc2C5(C)C)ccc1-3. The molecule has 5 aliphatic rings. The van der Waals surface area contributed by atoms with E-state index in [4.69, 9.17) is 0 Å². The minimum absolute atomic E-state index is 0.0272. The minimum Gasteiger partial charge on any atom is -0.310 e. The Balaban J connectivity index is 0.988. The van der Waals surface area contributed by atoms with Gasteiger partial charge in [0.2, 0.25) is 0 Å². The monoisotopic (exact) mass is 920 g/mol. The lowest BCUT2D eigenvalue weighted by Gasteiger charge is -2.30. The van der Waals surface area contributed by atoms with Crippen molar-refractivity contribution >= 4 is 22.6 Å². The van der Waals surface area contributed by atoms with Gasteiger partial charge in [0.15, 0.2) is 0 Å². The molecule has 350 valence electrons. The van der Waals surface area contributed by atoms with E-state index in [0.717, 1.165) is 12.1 Å². The zero-order chi connectivity index (χ0) is 49.3. The molecule has 0 aromatic heterocycles. The molecule has 0 N–H and O–H groups in total. The van der Waals surface area contributed by atoms with E-state index in [1.807, 2.05) is 0 Å². The van der Waals surface area contributed by atoms with Crippen LogP contribution in [0.5, 0.6) is 0 Å². The number of hydrogen-bond donors (Lipinski definition) is 0. The number of anilines is 3. The van der Waals surface area contributed by atoms with Gasteiger partial charge in [-0.1, -0.05) is 185 Å². The van der Waals surface area contributed by atoms with Crippen LogP contribution in [0.4, 0.5) is 17.1 Å². The number of allylic oxidation sites excluding steroid dienone is 4. The highest BCUT2D eigenvalue weighted by Crippen LogP contribution is 2.61. The normalized spacial score (nSPS) is 17.8. The van der Waals surface area contributed by atoms with Crippen LogP contribution in [-0.2, 0) is 27.1 Å². The molecule has 0 amide bonds. The maximum absolute atomic E-state index is 2.58. The van der Waals surface area contributed by atoms with Crippen molar-refractivity contribution in [3.8, 4) is 55.6 Å². The topological polar surface area (TPSA) is 3.24 Å². The number of hydrogen-bond acceptors (Lipinski definition) is 1. The molecule has 1 nitrogen and oxygen atoms in total. The van der Waals surface area contributed by atoms with Crippen LogP contribution in [0, 0.1) is 0 Å². The van der Waals surface area contributed by atoms with Gasteiger partial charge in [-0.05, 0) is 185 Å². The Kier molecular flexibility index (Phi) is 9.03. The number of fused-ring (bicyclic) bond motifs is 13. The van der Waals surface area contributed by atoms with E-state index in [2.05, 4.69) is 252 Å². The van der Waals surface area contributed by atoms with Crippen LogP contribution >= 0.6 is 0 Å². The number of benzene rings is 8. The first kappa shape index (κ1) is 44.0. The molecule has 0 fully saturated rings. The van der Waals surface area contributed by atoms with Gasteiger partial charge in [0, 0.05) is 44.0 Å². The lowest BCUT2D eigenvalue weighted by atomic mass is 9.78. The van der Waals surface area contributed by atoms with Crippen LogP contribution in [0.25, 0.3) is 61.2 Å². The van der Waals surface area contributed by atoms with Crippen molar-refractivity contribution in [2.24, 2.45) is 0 Å². The first-order chi connectivity index (χ1) is 33.9. The third-order valence-electron chi connectivity index (χ3n) is 18.4. The molecule has 0 atom stereocenters. The average molecular weight is 920 g/mol. The lowest BCUT2D eigenvalue weighted by Crippen LogP contribution is -2.19. The summed E-state index contributed by atoms with van der Waals surface area (Å²) >= 11 is 0. The first-order valence-electron chi connectivity index (χ1n) is 26.2. The second-order valence-corrected chi connectivity index (χ2v) is 23.9. The molecule has 0 aliphatic heterocycles. The van der Waals surface area contributed by atoms with E-state index in [9.17, 15) is 0 Å². The number of nitrogens with zero attached hydrogens (tertiary/aromatic N) is 1. The van der Waals surface area contributed by atoms with Gasteiger partial charge in [-0.25, -0.2) is 0 Å². The highest BCUT2D eigenvalue weighted by Gasteiger charge is 2.45. The third kappa shape index (κ3) is 5.75. The van der Waals surface area contributed by atoms with Gasteiger partial charge in [0.25, 0.3) is 0 Å². The van der Waals surface area contributed by atoms with Gasteiger partial charge in [0.05, 0.1) is 5.69 Å². The minimum atomic E-state index is -0.208. The fourth-order valence-corrected chi connectivity index (χ4v) is 14.6. The van der Waals surface area contributed by atoms with Crippen molar-refractivity contribution in [1.29, 1.82) is 0 Å². The van der Waals surface area contributed by atoms with Gasteiger partial charge in [0.1, 0.15) is 0 Å². The largest absolute Gasteiger partial charge is 0.310 e. The zero-order valence-corrected chi connectivity index (χ0v) is 43.7. The van der Waals surface area contributed by atoms with E-state index in [1.165, 1.54) is 134 Å². The smallest absolute Gasteiger partial charge is 0.0543 e. The van der Waals surface area contributed by atoms with Gasteiger partial charge in [-0.15, -0.1) is 0 Å². The fraction of sp³-hybridized carbons (Fsp3) is 0.257. The predicted molar refractivity (Wildman–Crippen MR) is 302 cm³/mol. The molecule has 0 heterocycles. The fourth-order valence-electron chi connectivity index (χ4n) is 14.6. The molecule has 8 aromatic carbocycles. The second kappa shape index (κ2) is 14.6. The molecule has 0 unspecified atom stereocenters. The van der Waals surface area contributed by atoms with E-state index >= 15 is 0 Å². The van der Waals surface area contributed by atoms with Crippen LogP contribution in [0.15, 0.2) is 169 Å². The van der Waals surface area contributed by atoms with Crippen molar-refractivity contribution < 1.29 is 0 Å². The van der Waals surface area contributed by atoms with E-state index < -0.39 is 0 Å². The Labute approximate surface area is 422 Å². The summed E-state index contributed by atoms with van der Waals surface area (Å²) in [5, 5.41) is 0. The Morgan fingerprint density at radius 3 is 1.46 bits per heavy atom. The quantitative estimate of drug-likeness (QED) is 0.161. The molecule has 0 radical (unpaired) electrons. The zero-order valence-electron chi connectivity index (χ0n) is 43.7. The van der Waals surface area contributed by atoms with E-state index in [0.29, 0.717) is 0 Å². The summed E-state index contributed by atoms with van der Waals surface area (Å²) in [6.07, 6.45) is 5.62. The van der Waals surface area contributed by atoms with Gasteiger partial charge in [-0.2, -0.15) is 0 Å². The molecular weight excluding hydrogens is 855 g/mol. The highest BCUT2D eigenvalue weighted by atomic mass is 15.1. The third-order valence-corrected chi connectivity index (χ3v) is 18.4. The number of rotatable bonds is 6. The first-order valence-corrected chi connectivity index (χ1v) is 26.2. The van der Waals surface area contributed by atoms with E-state index in [-0.39, 0.29) is 27.1 Å². The van der Waals surface area contributed by atoms with Crippen molar-refractivity contribution in [3.63, 3.8) is 0 Å². The Morgan fingerprint density at radius 1 is 0.366 bits per heavy atom. The van der Waals surface area contributed by atoms with Crippen LogP contribution in [0.2, 0.25) is 0 Å². The summed E-state index contributed by atoms with van der Waals surface area (Å²) in [6.45, 7) is 28.7. The molecule has 0 spiro atoms. The molecule has 0 saturated heterocycles. The Hall–Kier alpha value is -6.96. The van der Waals surface area contributed by atoms with Crippen molar-refractivity contribution in [2.45, 2.75) is 117 Å². The van der Waals surface area contributed by atoms with Crippen LogP contribution in [-0.4, -0.2) is 0 Å². The van der Waals surface area contributed by atoms with Gasteiger partial charge in [-0.3, -0.25) is 0 Å². The predicted octanol–water partition coefficient (Wildman–Crippen LogP) is 19.1. The van der Waals surface area contributed by atoms with Gasteiger partial charge < -0.3 is 4.90 Å². The van der Waals surface area contributed by atoms with Crippen molar-refractivity contribution in [3.05, 3.63) is 225 Å². The molecule has 0 saturated carbocycles. The summed E-state index contributed by atoms with van der Waals surface area (Å²) in [4.78, 5) is 2.58. The Bertz CT molecular complexity index is 3710. The van der Waals surface area contributed by atoms with Crippen LogP contribution < -0.4 is 4.90 Å². The molecule has 8 aromatic rings. The summed E-state index contributed by atoms with van der Waals surface area (Å²) in [5.74, 6) is 0. The Morgan fingerprint density at radius 2 is 0.817 bits per heavy atom. The van der Waals surface area contributed by atoms with Crippen LogP contribution in [0.3, 0.4) is 0 Å². The van der Waals surface area contributed by atoms with Gasteiger partial charge >= 0.3 is 0 Å². The van der Waals surface area contributed by atoms with Crippen molar-refractivity contribution in [2.75, 3.05) is 4.90 Å². The summed E-state index contributed by atoms with van der Waals surface area (Å²) < 4.78 is 0. The van der Waals surface area contributed by atoms with Crippen LogP contribution in [0.1, 0.15) is 145 Å². The molecular formula is C70H65N.